The molecule has 2 aliphatic rings. The molecule has 2 aromatic carbocycles. The van der Waals surface area contributed by atoms with Gasteiger partial charge in [-0.05, 0) is 71.8 Å². The number of hydrogen-bond donors (Lipinski definition) is 0. The number of aryl methyl sites for hydroxylation is 2. The third-order valence-corrected chi connectivity index (χ3v) is 12.4. The molecular formula is C46H46N4O2S2+2. The molecule has 0 fully saturated rings. The van der Waals surface area contributed by atoms with Crippen LogP contribution in [0.2, 0.25) is 0 Å². The molecule has 0 N–H and O–H groups in total. The molecular weight excluding hydrogens is 705 g/mol. The Kier molecular flexibility index (Phi) is 11.2. The molecule has 0 aliphatic carbocycles. The normalized spacial score (nSPS) is 15.0. The van der Waals surface area contributed by atoms with Crippen LogP contribution in [0.1, 0.15) is 62.5 Å². The molecule has 54 heavy (non-hydrogen) atoms. The third-order valence-electron chi connectivity index (χ3n) is 10.5. The minimum atomic E-state index is -0.0648. The second kappa shape index (κ2) is 16.9. The van der Waals surface area contributed by atoms with Crippen LogP contribution < -0.4 is 18.9 Å². The molecule has 0 saturated carbocycles. The molecule has 0 atom stereocenters. The zero-order chi connectivity index (χ0) is 36.7. The summed E-state index contributed by atoms with van der Waals surface area (Å²) in [5, 5.41) is 4.17. The van der Waals surface area contributed by atoms with Crippen molar-refractivity contribution < 1.29 is 18.7 Å². The van der Waals surface area contributed by atoms with E-state index in [-0.39, 0.29) is 11.8 Å². The van der Waals surface area contributed by atoms with Crippen LogP contribution in [0.3, 0.4) is 0 Å². The van der Waals surface area contributed by atoms with E-state index in [2.05, 4.69) is 130 Å². The molecule has 2 amide bonds. The minimum absolute atomic E-state index is 0.0648. The first kappa shape index (κ1) is 35.8. The maximum atomic E-state index is 14.7. The lowest BCUT2D eigenvalue weighted by Gasteiger charge is -2.18. The molecule has 8 heteroatoms. The van der Waals surface area contributed by atoms with Gasteiger partial charge in [0.05, 0.1) is 22.5 Å². The van der Waals surface area contributed by atoms with E-state index in [0.29, 0.717) is 24.2 Å². The zero-order valence-corrected chi connectivity index (χ0v) is 32.2. The highest BCUT2D eigenvalue weighted by atomic mass is 32.1. The Labute approximate surface area is 326 Å². The molecule has 6 nitrogen and oxygen atoms in total. The Bertz CT molecular complexity index is 2070. The summed E-state index contributed by atoms with van der Waals surface area (Å²) in [5.41, 5.74) is 6.81. The quantitative estimate of drug-likeness (QED) is 0.0562. The molecule has 272 valence electrons. The lowest BCUT2D eigenvalue weighted by Crippen LogP contribution is -2.32. The number of unbranched alkanes of at least 4 members (excludes halogenated alkanes) is 6. The smallest absolute Gasteiger partial charge is 0.259 e. The summed E-state index contributed by atoms with van der Waals surface area (Å²) in [6.07, 6.45) is 16.7. The van der Waals surface area contributed by atoms with E-state index in [1.165, 1.54) is 9.75 Å². The summed E-state index contributed by atoms with van der Waals surface area (Å²) in [6, 6.07) is 33.4. The first-order valence-electron chi connectivity index (χ1n) is 19.3. The predicted molar refractivity (Wildman–Crippen MR) is 221 cm³/mol. The number of carbonyl (C=O) groups excluding carboxylic acids is 2. The SMILES string of the molecule is O=C1/C(=C2/C(=O)N(CCCCCC[n+]3ccccc3)c3cc(-c4cccs4)ccc32)c2ccc(-c3cccs3)cc2N1CCCCCC[n+]1ccccc1. The van der Waals surface area contributed by atoms with Gasteiger partial charge in [0, 0.05) is 71.1 Å². The van der Waals surface area contributed by atoms with Crippen molar-refractivity contribution in [1.29, 1.82) is 0 Å². The number of benzene rings is 2. The van der Waals surface area contributed by atoms with Crippen molar-refractivity contribution in [3.63, 3.8) is 0 Å². The highest BCUT2D eigenvalue weighted by Gasteiger charge is 2.42. The Morgan fingerprint density at radius 2 is 0.889 bits per heavy atom. The number of hydrogen-bond acceptors (Lipinski definition) is 4. The number of carbonyl (C=O) groups is 2. The topological polar surface area (TPSA) is 48.4 Å². The van der Waals surface area contributed by atoms with Crippen LogP contribution in [-0.2, 0) is 22.7 Å². The van der Waals surface area contributed by atoms with E-state index < -0.39 is 0 Å². The molecule has 0 saturated heterocycles. The van der Waals surface area contributed by atoms with Crippen molar-refractivity contribution in [2.24, 2.45) is 0 Å². The van der Waals surface area contributed by atoms with Crippen LogP contribution in [0.4, 0.5) is 11.4 Å². The maximum Gasteiger partial charge on any atom is 0.259 e. The lowest BCUT2D eigenvalue weighted by atomic mass is 9.95. The molecule has 0 bridgehead atoms. The van der Waals surface area contributed by atoms with E-state index in [0.717, 1.165) is 98.1 Å². The average molecular weight is 751 g/mol. The molecule has 8 rings (SSSR count). The number of rotatable bonds is 16. The Morgan fingerprint density at radius 3 is 1.30 bits per heavy atom. The van der Waals surface area contributed by atoms with Crippen LogP contribution >= 0.6 is 22.7 Å². The number of amides is 2. The van der Waals surface area contributed by atoms with Gasteiger partial charge in [-0.15, -0.1) is 22.7 Å². The number of fused-ring (bicyclic) bond motifs is 2. The zero-order valence-electron chi connectivity index (χ0n) is 30.6. The van der Waals surface area contributed by atoms with Crippen molar-refractivity contribution in [2.75, 3.05) is 22.9 Å². The number of pyridine rings is 2. The Hall–Kier alpha value is -5.18. The summed E-state index contributed by atoms with van der Waals surface area (Å²) in [4.78, 5) is 35.7. The van der Waals surface area contributed by atoms with E-state index in [1.807, 2.05) is 21.9 Å². The van der Waals surface area contributed by atoms with Crippen molar-refractivity contribution in [3.8, 4) is 20.9 Å². The minimum Gasteiger partial charge on any atom is -0.308 e. The van der Waals surface area contributed by atoms with Gasteiger partial charge in [0.15, 0.2) is 24.8 Å². The average Bonchev–Trinajstić information content (AvgIpc) is 4.03. The van der Waals surface area contributed by atoms with Crippen molar-refractivity contribution in [2.45, 2.75) is 64.5 Å². The number of aromatic nitrogens is 2. The largest absolute Gasteiger partial charge is 0.308 e. The van der Waals surface area contributed by atoms with Gasteiger partial charge in [-0.3, -0.25) is 9.59 Å². The fourth-order valence-corrected chi connectivity index (χ4v) is 9.22. The van der Waals surface area contributed by atoms with E-state index in [4.69, 9.17) is 0 Å². The van der Waals surface area contributed by atoms with Gasteiger partial charge in [-0.1, -0.05) is 61.4 Å². The maximum absolute atomic E-state index is 14.7. The summed E-state index contributed by atoms with van der Waals surface area (Å²) >= 11 is 3.40. The Balaban J connectivity index is 1.06. The molecule has 6 heterocycles. The second-order valence-corrected chi connectivity index (χ2v) is 16.0. The van der Waals surface area contributed by atoms with E-state index in [1.54, 1.807) is 22.7 Å². The van der Waals surface area contributed by atoms with Crippen molar-refractivity contribution in [1.82, 2.24) is 0 Å². The van der Waals surface area contributed by atoms with Crippen molar-refractivity contribution >= 4 is 57.0 Å². The van der Waals surface area contributed by atoms with Crippen LogP contribution in [0.25, 0.3) is 32.0 Å². The van der Waals surface area contributed by atoms with Crippen LogP contribution in [0.5, 0.6) is 0 Å². The third kappa shape index (κ3) is 7.72. The summed E-state index contributed by atoms with van der Waals surface area (Å²) < 4.78 is 4.44. The van der Waals surface area contributed by atoms with E-state index in [9.17, 15) is 9.59 Å². The van der Waals surface area contributed by atoms with Gasteiger partial charge in [-0.25, -0.2) is 9.13 Å². The van der Waals surface area contributed by atoms with Crippen LogP contribution in [0, 0.1) is 0 Å². The standard InChI is InChI=1S/C46H46N4O2S2/c51-45-43(37-21-19-35(41-17-15-31-53-41)33-39(37)49(45)29-13-3-1-7-23-47-25-9-5-10-26-47)44-38-22-20-36(42-18-16-32-54-42)34-40(38)50(46(44)52)30-14-4-2-8-24-48-27-11-6-12-28-48/h5-6,9-12,15-22,25-28,31-34H,1-4,7-8,13-14,23-24,29-30H2/q+2/b44-43+. The van der Waals surface area contributed by atoms with Gasteiger partial charge in [-0.2, -0.15) is 0 Å². The van der Waals surface area contributed by atoms with Gasteiger partial charge < -0.3 is 9.80 Å². The highest BCUT2D eigenvalue weighted by Crippen LogP contribution is 2.49. The van der Waals surface area contributed by atoms with Crippen LogP contribution in [-0.4, -0.2) is 24.9 Å². The summed E-state index contributed by atoms with van der Waals surface area (Å²) in [7, 11) is 0. The molecule has 4 aromatic heterocycles. The van der Waals surface area contributed by atoms with Gasteiger partial charge in [0.25, 0.3) is 11.8 Å². The first-order chi connectivity index (χ1) is 26.7. The number of thiophene rings is 2. The molecule has 0 spiro atoms. The molecule has 6 aromatic rings. The predicted octanol–water partition coefficient (Wildman–Crippen LogP) is 9.84. The second-order valence-electron chi connectivity index (χ2n) is 14.1. The number of anilines is 2. The molecule has 0 radical (unpaired) electrons. The molecule has 2 aliphatic heterocycles. The number of nitrogens with zero attached hydrogens (tertiary/aromatic N) is 4. The van der Waals surface area contributed by atoms with E-state index >= 15 is 0 Å². The Morgan fingerprint density at radius 1 is 0.463 bits per heavy atom. The first-order valence-corrected chi connectivity index (χ1v) is 21.0. The fourth-order valence-electron chi connectivity index (χ4n) is 7.77. The monoisotopic (exact) mass is 750 g/mol. The van der Waals surface area contributed by atoms with Gasteiger partial charge in [0.1, 0.15) is 13.1 Å². The summed E-state index contributed by atoms with van der Waals surface area (Å²) in [5.74, 6) is -0.130. The van der Waals surface area contributed by atoms with Gasteiger partial charge in [0.2, 0.25) is 0 Å². The van der Waals surface area contributed by atoms with Crippen molar-refractivity contribution in [3.05, 3.63) is 144 Å². The fraction of sp³-hybridized carbons (Fsp3) is 0.261. The summed E-state index contributed by atoms with van der Waals surface area (Å²) in [6.45, 7) is 3.23. The molecule has 0 unspecified atom stereocenters. The lowest BCUT2D eigenvalue weighted by molar-refractivity contribution is -0.697. The van der Waals surface area contributed by atoms with Gasteiger partial charge >= 0.3 is 0 Å². The highest BCUT2D eigenvalue weighted by molar-refractivity contribution is 7.13. The van der Waals surface area contributed by atoms with Crippen LogP contribution in [0.15, 0.2) is 133 Å².